The van der Waals surface area contributed by atoms with Crippen LogP contribution < -0.4 is 0 Å². The Kier molecular flexibility index (Phi) is 5.21. The van der Waals surface area contributed by atoms with Crippen LogP contribution in [-0.4, -0.2) is 45.7 Å². The Morgan fingerprint density at radius 3 is 2.67 bits per heavy atom. The van der Waals surface area contributed by atoms with Crippen molar-refractivity contribution < 1.29 is 13.7 Å². The third-order valence-electron chi connectivity index (χ3n) is 6.62. The first-order valence-electron chi connectivity index (χ1n) is 10.6. The van der Waals surface area contributed by atoms with Gasteiger partial charge in [0.05, 0.1) is 23.4 Å². The largest absolute Gasteiger partial charge is 0.452 e. The van der Waals surface area contributed by atoms with Crippen LogP contribution in [0.2, 0.25) is 0 Å². The highest BCUT2D eigenvalue weighted by Gasteiger charge is 2.42. The van der Waals surface area contributed by atoms with E-state index in [2.05, 4.69) is 11.0 Å². The van der Waals surface area contributed by atoms with E-state index in [0.717, 1.165) is 53.8 Å². The second-order valence-corrected chi connectivity index (χ2v) is 9.68. The average Bonchev–Trinajstić information content (AvgIpc) is 3.36. The molecule has 30 heavy (non-hydrogen) atoms. The lowest BCUT2D eigenvalue weighted by atomic mass is 9.82. The van der Waals surface area contributed by atoms with E-state index >= 15 is 0 Å². The topological polar surface area (TPSA) is 51.5 Å². The Bertz CT molecular complexity index is 1110. The molecule has 0 radical (unpaired) electrons. The van der Waals surface area contributed by atoms with Crippen molar-refractivity contribution in [2.75, 3.05) is 26.0 Å². The molecular weight excluding hydrogens is 396 g/mol. The molecule has 1 fully saturated rings. The van der Waals surface area contributed by atoms with Gasteiger partial charge in [-0.15, -0.1) is 0 Å². The van der Waals surface area contributed by atoms with Gasteiger partial charge in [0.15, 0.2) is 0 Å². The number of ether oxygens (including phenoxy) is 1. The molecule has 0 bridgehead atoms. The molecule has 2 aromatic carbocycles. The standard InChI is InChI=1S/C24H26N2O3S/c1-29-24(27)26-20-10-6-5-9-19(20)22-21(26)12-11-17-13-14-25(23(17)22)15-16-30(28)18-7-3-2-4-8-18/h2-10,17,23H,11-16H2,1H3/t17-,23+,30+/m0/s1. The van der Waals surface area contributed by atoms with Crippen LogP contribution in [0.1, 0.15) is 30.1 Å². The van der Waals surface area contributed by atoms with Crippen molar-refractivity contribution in [3.8, 4) is 0 Å². The smallest absolute Gasteiger partial charge is 0.418 e. The number of fused-ring (bicyclic) bond motifs is 5. The maximum Gasteiger partial charge on any atom is 0.418 e. The van der Waals surface area contributed by atoms with Crippen molar-refractivity contribution in [3.05, 3.63) is 65.9 Å². The first kappa shape index (κ1) is 19.5. The lowest BCUT2D eigenvalue weighted by molar-refractivity contribution is 0.172. The fourth-order valence-electron chi connectivity index (χ4n) is 5.30. The quantitative estimate of drug-likeness (QED) is 0.626. The molecular formula is C24H26N2O3S. The summed E-state index contributed by atoms with van der Waals surface area (Å²) in [5, 5.41) is 1.14. The highest BCUT2D eigenvalue weighted by atomic mass is 32.2. The molecule has 0 unspecified atom stereocenters. The van der Waals surface area contributed by atoms with Crippen LogP contribution in [0.4, 0.5) is 4.79 Å². The van der Waals surface area contributed by atoms with Crippen molar-refractivity contribution in [2.24, 2.45) is 5.92 Å². The van der Waals surface area contributed by atoms with Crippen molar-refractivity contribution in [1.29, 1.82) is 0 Å². The predicted molar refractivity (Wildman–Crippen MR) is 118 cm³/mol. The van der Waals surface area contributed by atoms with Gasteiger partial charge in [0.1, 0.15) is 0 Å². The number of nitrogens with zero attached hydrogens (tertiary/aromatic N) is 2. The summed E-state index contributed by atoms with van der Waals surface area (Å²) in [7, 11) is 0.439. The second kappa shape index (κ2) is 8.00. The lowest BCUT2D eigenvalue weighted by Gasteiger charge is -2.33. The van der Waals surface area contributed by atoms with Gasteiger partial charge in [0, 0.05) is 34.3 Å². The van der Waals surface area contributed by atoms with Crippen LogP contribution in [0.3, 0.4) is 0 Å². The Labute approximate surface area is 179 Å². The van der Waals surface area contributed by atoms with Gasteiger partial charge in [-0.25, -0.2) is 9.36 Å². The van der Waals surface area contributed by atoms with E-state index in [1.54, 1.807) is 4.57 Å². The molecule has 1 saturated heterocycles. The third-order valence-corrected chi connectivity index (χ3v) is 7.97. The van der Waals surface area contributed by atoms with Gasteiger partial charge >= 0.3 is 6.09 Å². The van der Waals surface area contributed by atoms with E-state index in [-0.39, 0.29) is 12.1 Å². The zero-order chi connectivity index (χ0) is 20.7. The monoisotopic (exact) mass is 422 g/mol. The van der Waals surface area contributed by atoms with E-state index in [1.165, 1.54) is 12.7 Å². The molecule has 2 aliphatic rings. The molecule has 0 spiro atoms. The average molecular weight is 423 g/mol. The summed E-state index contributed by atoms with van der Waals surface area (Å²) >= 11 is 0. The number of hydrogen-bond acceptors (Lipinski definition) is 4. The van der Waals surface area contributed by atoms with Crippen LogP contribution in [0, 0.1) is 5.92 Å². The normalized spacial score (nSPS) is 21.9. The minimum absolute atomic E-state index is 0.275. The number of likely N-dealkylation sites (tertiary alicyclic amines) is 1. The molecule has 156 valence electrons. The molecule has 5 rings (SSSR count). The Morgan fingerprint density at radius 1 is 1.10 bits per heavy atom. The van der Waals surface area contributed by atoms with Crippen LogP contribution >= 0.6 is 0 Å². The zero-order valence-electron chi connectivity index (χ0n) is 17.1. The predicted octanol–water partition coefficient (Wildman–Crippen LogP) is 4.37. The van der Waals surface area contributed by atoms with E-state index in [1.807, 2.05) is 48.5 Å². The van der Waals surface area contributed by atoms with Crippen molar-refractivity contribution >= 4 is 27.8 Å². The highest BCUT2D eigenvalue weighted by Crippen LogP contribution is 2.48. The van der Waals surface area contributed by atoms with E-state index in [9.17, 15) is 9.00 Å². The Balaban J connectivity index is 1.48. The summed E-state index contributed by atoms with van der Waals surface area (Å²) in [5.74, 6) is 1.21. The zero-order valence-corrected chi connectivity index (χ0v) is 17.9. The first-order chi connectivity index (χ1) is 14.7. The molecule has 3 aromatic rings. The molecule has 6 heteroatoms. The maximum atomic E-state index is 12.8. The van der Waals surface area contributed by atoms with Crippen molar-refractivity contribution in [3.63, 3.8) is 0 Å². The minimum Gasteiger partial charge on any atom is -0.452 e. The van der Waals surface area contributed by atoms with E-state index in [4.69, 9.17) is 4.74 Å². The van der Waals surface area contributed by atoms with Gasteiger partial charge in [-0.2, -0.15) is 0 Å². The number of benzene rings is 2. The number of para-hydroxylation sites is 1. The lowest BCUT2D eigenvalue weighted by Crippen LogP contribution is -2.32. The van der Waals surface area contributed by atoms with Crippen LogP contribution in [-0.2, 0) is 22.0 Å². The maximum absolute atomic E-state index is 12.8. The van der Waals surface area contributed by atoms with Crippen LogP contribution in [0.25, 0.3) is 10.9 Å². The summed E-state index contributed by atoms with van der Waals surface area (Å²) in [4.78, 5) is 16.0. The SMILES string of the molecule is COC(=O)n1c2c(c3ccccc31)[C@H]1[C@@H](CC2)CCN1CC[S@@](=O)c1ccccc1. The highest BCUT2D eigenvalue weighted by molar-refractivity contribution is 7.85. The molecule has 1 aliphatic carbocycles. The molecule has 5 nitrogen and oxygen atoms in total. The molecule has 0 saturated carbocycles. The second-order valence-electron chi connectivity index (χ2n) is 8.11. The third kappa shape index (κ3) is 3.19. The summed E-state index contributed by atoms with van der Waals surface area (Å²) in [6, 6.07) is 18.1. The number of carbonyl (C=O) groups excluding carboxylic acids is 1. The van der Waals surface area contributed by atoms with Gasteiger partial charge in [-0.1, -0.05) is 36.4 Å². The minimum atomic E-state index is -1.00. The number of hydrogen-bond donors (Lipinski definition) is 0. The molecule has 1 aliphatic heterocycles. The van der Waals surface area contributed by atoms with Crippen molar-refractivity contribution in [2.45, 2.75) is 30.2 Å². The summed E-state index contributed by atoms with van der Waals surface area (Å²) in [6.07, 6.45) is 2.80. The molecule has 0 amide bonds. The summed E-state index contributed by atoms with van der Waals surface area (Å²) in [5.41, 5.74) is 3.28. The van der Waals surface area contributed by atoms with Gasteiger partial charge in [-0.3, -0.25) is 9.11 Å². The molecule has 3 atom stereocenters. The summed E-state index contributed by atoms with van der Waals surface area (Å²) < 4.78 is 19.6. The van der Waals surface area contributed by atoms with Gasteiger partial charge in [0.25, 0.3) is 0 Å². The van der Waals surface area contributed by atoms with Crippen LogP contribution in [0.5, 0.6) is 0 Å². The number of rotatable bonds is 4. The summed E-state index contributed by atoms with van der Waals surface area (Å²) in [6.45, 7) is 1.80. The Hall–Kier alpha value is -2.44. The molecule has 0 N–H and O–H groups in total. The molecule has 1 aromatic heterocycles. The number of carbonyl (C=O) groups is 1. The van der Waals surface area contributed by atoms with Gasteiger partial charge in [0.2, 0.25) is 0 Å². The Morgan fingerprint density at radius 2 is 1.87 bits per heavy atom. The number of methoxy groups -OCH3 is 1. The fourth-order valence-corrected chi connectivity index (χ4v) is 6.40. The molecule has 2 heterocycles. The van der Waals surface area contributed by atoms with Gasteiger partial charge < -0.3 is 4.74 Å². The van der Waals surface area contributed by atoms with E-state index in [0.29, 0.717) is 11.7 Å². The first-order valence-corrected chi connectivity index (χ1v) is 11.9. The van der Waals surface area contributed by atoms with Gasteiger partial charge in [-0.05, 0) is 55.5 Å². The van der Waals surface area contributed by atoms with E-state index < -0.39 is 10.8 Å². The van der Waals surface area contributed by atoms with Crippen molar-refractivity contribution in [1.82, 2.24) is 9.47 Å². The number of aromatic nitrogens is 1. The fraction of sp³-hybridized carbons (Fsp3) is 0.375. The van der Waals surface area contributed by atoms with Crippen LogP contribution in [0.15, 0.2) is 59.5 Å².